The third kappa shape index (κ3) is 9.92. The largest absolute Gasteiger partial charge is 0.495 e. The summed E-state index contributed by atoms with van der Waals surface area (Å²) in [5.74, 6) is 1.65. The molecule has 0 spiro atoms. The van der Waals surface area contributed by atoms with Crippen molar-refractivity contribution in [2.24, 2.45) is 11.3 Å². The SMILES string of the molecule is C=C1CCC(N2Cc3ccc(NCCN4CCN(CC5CCN(c6cc7nccc(Oc8ccc(NC(=O)C9(C(=O)Nc%10ccc(F)cc%10)CC9)cc8)c7cc6OC)CC5)CC4)nc3C2=O)C(=O)N1. The normalized spacial score (nSPS) is 19.5. The van der Waals surface area contributed by atoms with Crippen molar-refractivity contribution >= 4 is 57.4 Å². The molecule has 1 aliphatic carbocycles. The van der Waals surface area contributed by atoms with E-state index in [-0.39, 0.29) is 17.7 Å². The number of allylic oxidation sites excluding steroid dienone is 1. The summed E-state index contributed by atoms with van der Waals surface area (Å²) in [7, 11) is 1.69. The average molecular weight is 937 g/mol. The molecule has 1 saturated carbocycles. The number of piperidine rings is 2. The zero-order valence-corrected chi connectivity index (χ0v) is 38.8. The van der Waals surface area contributed by atoms with Gasteiger partial charge in [0.1, 0.15) is 46.0 Å². The Kier molecular flexibility index (Phi) is 12.9. The van der Waals surface area contributed by atoms with Gasteiger partial charge in [-0.05, 0) is 117 Å². The molecule has 4 amide bonds. The van der Waals surface area contributed by atoms with Crippen molar-refractivity contribution < 1.29 is 33.0 Å². The number of nitrogens with zero attached hydrogens (tertiary/aromatic N) is 6. The second-order valence-electron chi connectivity index (χ2n) is 18.8. The molecular weight excluding hydrogens is 880 g/mol. The number of ether oxygens (including phenoxy) is 2. The van der Waals surface area contributed by atoms with E-state index in [2.05, 4.69) is 53.6 Å². The van der Waals surface area contributed by atoms with Gasteiger partial charge in [0.2, 0.25) is 17.7 Å². The third-order valence-corrected chi connectivity index (χ3v) is 14.2. The van der Waals surface area contributed by atoms with Gasteiger partial charge in [-0.1, -0.05) is 12.6 Å². The van der Waals surface area contributed by atoms with Crippen molar-refractivity contribution in [1.29, 1.82) is 0 Å². The first-order valence-electron chi connectivity index (χ1n) is 23.9. The molecule has 4 fully saturated rings. The minimum absolute atomic E-state index is 0.175. The number of rotatable bonds is 15. The molecule has 16 nitrogen and oxygen atoms in total. The highest BCUT2D eigenvalue weighted by Crippen LogP contribution is 2.48. The Balaban J connectivity index is 0.669. The molecule has 358 valence electrons. The van der Waals surface area contributed by atoms with E-state index in [1.807, 2.05) is 24.3 Å². The number of benzene rings is 3. The minimum Gasteiger partial charge on any atom is -0.495 e. The number of pyridine rings is 2. The van der Waals surface area contributed by atoms with E-state index in [1.54, 1.807) is 42.5 Å². The van der Waals surface area contributed by atoms with Crippen LogP contribution >= 0.6 is 0 Å². The van der Waals surface area contributed by atoms with Gasteiger partial charge in [0.15, 0.2) is 0 Å². The second kappa shape index (κ2) is 19.5. The molecule has 0 radical (unpaired) electrons. The van der Waals surface area contributed by atoms with Crippen molar-refractivity contribution in [2.45, 2.75) is 51.1 Å². The summed E-state index contributed by atoms with van der Waals surface area (Å²) in [4.78, 5) is 70.5. The van der Waals surface area contributed by atoms with E-state index in [9.17, 15) is 23.6 Å². The van der Waals surface area contributed by atoms with Crippen LogP contribution in [0.2, 0.25) is 0 Å². The first kappa shape index (κ1) is 45.7. The number of hydrogen-bond acceptors (Lipinski definition) is 12. The van der Waals surface area contributed by atoms with Crippen molar-refractivity contribution in [3.8, 4) is 17.2 Å². The molecule has 6 heterocycles. The average Bonchev–Trinajstić information content (AvgIpc) is 4.12. The van der Waals surface area contributed by atoms with Gasteiger partial charge in [0.05, 0.1) is 18.3 Å². The zero-order chi connectivity index (χ0) is 47.6. The van der Waals surface area contributed by atoms with Crippen LogP contribution in [-0.2, 0) is 20.9 Å². The van der Waals surface area contributed by atoms with Crippen LogP contribution in [0.3, 0.4) is 0 Å². The molecule has 10 rings (SSSR count). The lowest BCUT2D eigenvalue weighted by molar-refractivity contribution is -0.131. The first-order valence-corrected chi connectivity index (χ1v) is 23.9. The Hall–Kier alpha value is -7.11. The number of aromatic nitrogens is 2. The highest BCUT2D eigenvalue weighted by atomic mass is 19.1. The van der Waals surface area contributed by atoms with Crippen LogP contribution in [0, 0.1) is 17.2 Å². The Bertz CT molecular complexity index is 2770. The summed E-state index contributed by atoms with van der Waals surface area (Å²) in [6, 6.07) is 21.7. The number of anilines is 4. The van der Waals surface area contributed by atoms with E-state index >= 15 is 0 Å². The number of carbonyl (C=O) groups excluding carboxylic acids is 4. The van der Waals surface area contributed by atoms with Crippen molar-refractivity contribution in [1.82, 2.24) is 30.0 Å². The van der Waals surface area contributed by atoms with Crippen molar-refractivity contribution in [2.75, 3.05) is 86.9 Å². The predicted molar refractivity (Wildman–Crippen MR) is 261 cm³/mol. The van der Waals surface area contributed by atoms with Crippen LogP contribution in [0.15, 0.2) is 97.3 Å². The molecule has 2 aromatic heterocycles. The summed E-state index contributed by atoms with van der Waals surface area (Å²) < 4.78 is 25.6. The van der Waals surface area contributed by atoms with Gasteiger partial charge in [0.25, 0.3) is 5.91 Å². The van der Waals surface area contributed by atoms with E-state index in [4.69, 9.17) is 14.5 Å². The Labute approximate surface area is 400 Å². The third-order valence-electron chi connectivity index (χ3n) is 14.2. The summed E-state index contributed by atoms with van der Waals surface area (Å²) in [6.45, 7) is 12.8. The maximum Gasteiger partial charge on any atom is 0.273 e. The van der Waals surface area contributed by atoms with Crippen LogP contribution in [0.5, 0.6) is 17.2 Å². The predicted octanol–water partition coefficient (Wildman–Crippen LogP) is 6.62. The lowest BCUT2D eigenvalue weighted by atomic mass is 9.95. The van der Waals surface area contributed by atoms with E-state index in [0.717, 1.165) is 99.6 Å². The van der Waals surface area contributed by atoms with Crippen molar-refractivity contribution in [3.63, 3.8) is 0 Å². The lowest BCUT2D eigenvalue weighted by Crippen LogP contribution is -2.49. The van der Waals surface area contributed by atoms with E-state index in [1.165, 1.54) is 24.3 Å². The van der Waals surface area contributed by atoms with Gasteiger partial charge in [-0.25, -0.2) is 9.37 Å². The molecule has 1 atom stereocenters. The summed E-state index contributed by atoms with van der Waals surface area (Å²) >= 11 is 0. The van der Waals surface area contributed by atoms with E-state index < -0.39 is 23.2 Å². The summed E-state index contributed by atoms with van der Waals surface area (Å²) in [5, 5.41) is 12.6. The number of piperazine rings is 1. The fraction of sp³-hybridized carbons (Fsp3) is 0.385. The summed E-state index contributed by atoms with van der Waals surface area (Å²) in [5.41, 5.74) is 3.58. The van der Waals surface area contributed by atoms with Gasteiger partial charge in [0, 0.05) is 99.7 Å². The van der Waals surface area contributed by atoms with Gasteiger partial charge in [-0.3, -0.25) is 29.1 Å². The van der Waals surface area contributed by atoms with E-state index in [0.29, 0.717) is 78.2 Å². The molecule has 4 N–H and O–H groups in total. The molecule has 5 aromatic rings. The fourth-order valence-electron chi connectivity index (χ4n) is 9.95. The topological polar surface area (TPSA) is 174 Å². The smallest absolute Gasteiger partial charge is 0.273 e. The van der Waals surface area contributed by atoms with Crippen LogP contribution in [0.25, 0.3) is 10.9 Å². The Morgan fingerprint density at radius 1 is 0.855 bits per heavy atom. The van der Waals surface area contributed by atoms with Crippen LogP contribution in [0.1, 0.15) is 54.6 Å². The molecule has 4 aliphatic heterocycles. The number of nitrogens with one attached hydrogen (secondary N) is 4. The number of halogens is 1. The number of fused-ring (bicyclic) bond motifs is 2. The quantitative estimate of drug-likeness (QED) is 0.0828. The molecule has 5 aliphatic rings. The maximum atomic E-state index is 13.3. The minimum atomic E-state index is -1.17. The molecule has 1 unspecified atom stereocenters. The maximum absolute atomic E-state index is 13.3. The van der Waals surface area contributed by atoms with Gasteiger partial charge in [-0.15, -0.1) is 0 Å². The van der Waals surface area contributed by atoms with Crippen LogP contribution < -0.4 is 35.6 Å². The zero-order valence-electron chi connectivity index (χ0n) is 38.8. The standard InChI is InChI=1S/C52H57FN10O6/c1-33-3-13-42(48(64)56-33)63-32-35-4-14-46(59-47(35)49(63)65)55-21-24-60-25-27-61(28-26-60)31-34-16-22-62(23-17-34)43-30-41-40(29-45(43)68-2)44(15-20-54-41)69-39-11-9-38(10-12-39)58-51(67)52(18-19-52)50(66)57-37-7-5-36(53)6-8-37/h4-12,14-15,20,29-30,34,42H,1,3,13,16-19,21-28,31-32H2,2H3,(H,55,59)(H,56,64)(H,57,66)(H,58,67). The molecule has 17 heteroatoms. The first-order chi connectivity index (χ1) is 33.5. The monoisotopic (exact) mass is 936 g/mol. The van der Waals surface area contributed by atoms with Gasteiger partial charge < -0.3 is 45.4 Å². The summed E-state index contributed by atoms with van der Waals surface area (Å²) in [6.07, 6.45) is 6.00. The Morgan fingerprint density at radius 2 is 1.55 bits per heavy atom. The molecular formula is C52H57FN10O6. The lowest BCUT2D eigenvalue weighted by Gasteiger charge is -2.39. The van der Waals surface area contributed by atoms with Crippen LogP contribution in [0.4, 0.5) is 27.3 Å². The Morgan fingerprint density at radius 3 is 2.23 bits per heavy atom. The van der Waals surface area contributed by atoms with Gasteiger partial charge in [-0.2, -0.15) is 0 Å². The second-order valence-corrected chi connectivity index (χ2v) is 18.8. The molecule has 69 heavy (non-hydrogen) atoms. The molecule has 3 aromatic carbocycles. The van der Waals surface area contributed by atoms with Crippen LogP contribution in [-0.4, -0.2) is 120 Å². The number of carbonyl (C=O) groups is 4. The van der Waals surface area contributed by atoms with Gasteiger partial charge >= 0.3 is 0 Å². The number of hydrogen-bond donors (Lipinski definition) is 4. The molecule has 3 saturated heterocycles. The molecule has 0 bridgehead atoms. The fourth-order valence-corrected chi connectivity index (χ4v) is 9.95. The number of amides is 4. The highest BCUT2D eigenvalue weighted by molar-refractivity contribution is 6.17. The number of methoxy groups -OCH3 is 1. The highest BCUT2D eigenvalue weighted by Gasteiger charge is 2.56. The van der Waals surface area contributed by atoms with Crippen molar-refractivity contribution in [3.05, 3.63) is 114 Å².